The number of fused-ring (bicyclic) bond motifs is 2. The van der Waals surface area contributed by atoms with Crippen LogP contribution in [0.5, 0.6) is 0 Å². The normalized spacial score (nSPS) is 15.8. The number of carbonyl (C=O) groups excluding carboxylic acids is 2. The van der Waals surface area contributed by atoms with Crippen LogP contribution >= 0.6 is 11.3 Å². The number of hydrazine groups is 1. The van der Waals surface area contributed by atoms with E-state index in [0.717, 1.165) is 29.3 Å². The summed E-state index contributed by atoms with van der Waals surface area (Å²) in [5.41, 5.74) is 8.44. The Morgan fingerprint density at radius 2 is 2.11 bits per heavy atom. The molecule has 1 atom stereocenters. The first-order valence-electron chi connectivity index (χ1n) is 9.61. The number of thiophene rings is 1. The molecule has 1 aliphatic rings. The van der Waals surface area contributed by atoms with Gasteiger partial charge >= 0.3 is 6.03 Å². The van der Waals surface area contributed by atoms with Crippen molar-refractivity contribution in [3.8, 4) is 0 Å². The Labute approximate surface area is 167 Å². The van der Waals surface area contributed by atoms with E-state index in [1.54, 1.807) is 0 Å². The molecule has 0 saturated carbocycles. The molecule has 1 aliphatic carbocycles. The molecule has 0 fully saturated rings. The lowest BCUT2D eigenvalue weighted by atomic mass is 9.90. The van der Waals surface area contributed by atoms with Crippen LogP contribution in [0.15, 0.2) is 36.5 Å². The van der Waals surface area contributed by atoms with Gasteiger partial charge in [0.05, 0.1) is 4.88 Å². The van der Waals surface area contributed by atoms with Crippen LogP contribution in [-0.4, -0.2) is 23.5 Å². The molecule has 1 aromatic carbocycles. The number of hydrogen-bond acceptors (Lipinski definition) is 3. The monoisotopic (exact) mass is 396 g/mol. The summed E-state index contributed by atoms with van der Waals surface area (Å²) in [7, 11) is 0. The Balaban J connectivity index is 1.24. The van der Waals surface area contributed by atoms with Gasteiger partial charge in [-0.15, -0.1) is 11.3 Å². The van der Waals surface area contributed by atoms with E-state index < -0.39 is 6.03 Å². The molecule has 0 radical (unpaired) electrons. The summed E-state index contributed by atoms with van der Waals surface area (Å²) in [6.45, 7) is 2.72. The zero-order valence-electron chi connectivity index (χ0n) is 15.8. The van der Waals surface area contributed by atoms with Crippen molar-refractivity contribution in [3.63, 3.8) is 0 Å². The van der Waals surface area contributed by atoms with Crippen molar-refractivity contribution >= 4 is 34.2 Å². The number of urea groups is 1. The molecule has 28 heavy (non-hydrogen) atoms. The van der Waals surface area contributed by atoms with Crippen molar-refractivity contribution in [2.45, 2.75) is 32.6 Å². The van der Waals surface area contributed by atoms with Gasteiger partial charge in [0.1, 0.15) is 0 Å². The minimum absolute atomic E-state index is 0.265. The number of H-pyrrole nitrogens is 1. The number of aromatic amines is 1. The predicted octanol–water partition coefficient (Wildman–Crippen LogP) is 3.54. The number of benzene rings is 1. The third-order valence-corrected chi connectivity index (χ3v) is 6.43. The lowest BCUT2D eigenvalue weighted by molar-refractivity contribution is 0.0940. The fourth-order valence-electron chi connectivity index (χ4n) is 3.69. The molecule has 2 aromatic heterocycles. The van der Waals surface area contributed by atoms with Gasteiger partial charge in [0, 0.05) is 28.5 Å². The summed E-state index contributed by atoms with van der Waals surface area (Å²) in [5.74, 6) is 0.401. The number of aryl methyl sites for hydroxylation is 1. The van der Waals surface area contributed by atoms with Gasteiger partial charge in [0.2, 0.25) is 0 Å². The first-order chi connectivity index (χ1) is 13.6. The van der Waals surface area contributed by atoms with Crippen molar-refractivity contribution in [2.24, 2.45) is 5.92 Å². The minimum Gasteiger partial charge on any atom is -0.361 e. The third kappa shape index (κ3) is 4.04. The number of amides is 3. The highest BCUT2D eigenvalue weighted by atomic mass is 32.1. The lowest BCUT2D eigenvalue weighted by Gasteiger charge is -2.16. The first kappa shape index (κ1) is 18.6. The molecule has 3 amide bonds. The zero-order valence-corrected chi connectivity index (χ0v) is 16.6. The molecule has 4 N–H and O–H groups in total. The van der Waals surface area contributed by atoms with E-state index >= 15 is 0 Å². The van der Waals surface area contributed by atoms with Gasteiger partial charge in [-0.1, -0.05) is 25.1 Å². The molecule has 0 bridgehead atoms. The number of nitrogens with one attached hydrogen (secondary N) is 4. The highest BCUT2D eigenvalue weighted by Crippen LogP contribution is 2.32. The van der Waals surface area contributed by atoms with Crippen LogP contribution in [0.25, 0.3) is 10.9 Å². The number of aromatic nitrogens is 1. The fourth-order valence-corrected chi connectivity index (χ4v) is 4.79. The minimum atomic E-state index is -0.414. The number of rotatable bonds is 4. The molecule has 6 nitrogen and oxygen atoms in total. The Hall–Kier alpha value is -2.80. The molecule has 2 heterocycles. The largest absolute Gasteiger partial charge is 0.361 e. The molecular weight excluding hydrogens is 372 g/mol. The second-order valence-corrected chi connectivity index (χ2v) is 8.49. The molecule has 4 rings (SSSR count). The molecule has 1 unspecified atom stereocenters. The number of carbonyl (C=O) groups is 2. The molecule has 0 saturated heterocycles. The average molecular weight is 397 g/mol. The highest BCUT2D eigenvalue weighted by molar-refractivity contribution is 7.14. The van der Waals surface area contributed by atoms with E-state index in [2.05, 4.69) is 34.1 Å². The van der Waals surface area contributed by atoms with Gasteiger partial charge in [0.25, 0.3) is 5.91 Å². The van der Waals surface area contributed by atoms with Crippen LogP contribution in [0.1, 0.15) is 39.0 Å². The van der Waals surface area contributed by atoms with Gasteiger partial charge in [-0.2, -0.15) is 0 Å². The van der Waals surface area contributed by atoms with Crippen molar-refractivity contribution in [3.05, 3.63) is 57.4 Å². The Morgan fingerprint density at radius 3 is 3.00 bits per heavy atom. The summed E-state index contributed by atoms with van der Waals surface area (Å²) < 4.78 is 0. The lowest BCUT2D eigenvalue weighted by Crippen LogP contribution is -2.47. The van der Waals surface area contributed by atoms with Crippen molar-refractivity contribution < 1.29 is 9.59 Å². The van der Waals surface area contributed by atoms with E-state index in [4.69, 9.17) is 0 Å². The molecule has 0 spiro atoms. The van der Waals surface area contributed by atoms with Gasteiger partial charge in [-0.05, 0) is 54.9 Å². The van der Waals surface area contributed by atoms with Crippen LogP contribution in [-0.2, 0) is 19.3 Å². The predicted molar refractivity (Wildman–Crippen MR) is 112 cm³/mol. The third-order valence-electron chi connectivity index (χ3n) is 5.20. The Kier molecular flexibility index (Phi) is 5.34. The van der Waals surface area contributed by atoms with Gasteiger partial charge in [-0.3, -0.25) is 10.2 Å². The fraction of sp³-hybridized carbons (Fsp3) is 0.333. The summed E-state index contributed by atoms with van der Waals surface area (Å²) in [6.07, 6.45) is 5.91. The van der Waals surface area contributed by atoms with Crippen LogP contribution in [0.4, 0.5) is 4.79 Å². The zero-order chi connectivity index (χ0) is 19.5. The molecule has 146 valence electrons. The maximum Gasteiger partial charge on any atom is 0.333 e. The van der Waals surface area contributed by atoms with Crippen molar-refractivity contribution in [1.29, 1.82) is 0 Å². The van der Waals surface area contributed by atoms with Crippen molar-refractivity contribution in [1.82, 2.24) is 21.2 Å². The SMILES string of the molecule is CC1CCc2sc(C(=O)NNC(=O)NCCc3c[nH]c4ccccc34)cc2C1. The van der Waals surface area contributed by atoms with Crippen LogP contribution in [0, 0.1) is 5.92 Å². The topological polar surface area (TPSA) is 86.0 Å². The summed E-state index contributed by atoms with van der Waals surface area (Å²) in [4.78, 5) is 29.4. The second kappa shape index (κ2) is 8.06. The summed E-state index contributed by atoms with van der Waals surface area (Å²) in [6, 6.07) is 9.62. The summed E-state index contributed by atoms with van der Waals surface area (Å²) in [5, 5.41) is 3.93. The van der Waals surface area contributed by atoms with Gasteiger partial charge < -0.3 is 10.3 Å². The standard InChI is InChI=1S/C21H24N4O2S/c1-13-6-7-18-15(10-13)11-19(28-18)20(26)24-25-21(27)22-9-8-14-12-23-17-5-3-2-4-16(14)17/h2-5,11-13,23H,6-10H2,1H3,(H,24,26)(H2,22,25,27). The molecular formula is C21H24N4O2S. The van der Waals surface area contributed by atoms with Gasteiger partial charge in [-0.25, -0.2) is 10.2 Å². The van der Waals surface area contributed by atoms with E-state index in [-0.39, 0.29) is 5.91 Å². The summed E-state index contributed by atoms with van der Waals surface area (Å²) >= 11 is 1.53. The molecule has 7 heteroatoms. The Morgan fingerprint density at radius 1 is 1.25 bits per heavy atom. The van der Waals surface area contributed by atoms with Crippen LogP contribution in [0.3, 0.4) is 0 Å². The Bertz CT molecular complexity index is 1010. The highest BCUT2D eigenvalue weighted by Gasteiger charge is 2.20. The number of para-hydroxylation sites is 1. The van der Waals surface area contributed by atoms with Gasteiger partial charge in [0.15, 0.2) is 0 Å². The van der Waals surface area contributed by atoms with E-state index in [9.17, 15) is 9.59 Å². The maximum absolute atomic E-state index is 12.3. The van der Waals surface area contributed by atoms with Crippen LogP contribution in [0.2, 0.25) is 0 Å². The smallest absolute Gasteiger partial charge is 0.333 e. The van der Waals surface area contributed by atoms with E-state index in [0.29, 0.717) is 23.8 Å². The quantitative estimate of drug-likeness (QED) is 0.509. The maximum atomic E-state index is 12.3. The van der Waals surface area contributed by atoms with Crippen molar-refractivity contribution in [2.75, 3.05) is 6.54 Å². The van der Waals surface area contributed by atoms with E-state index in [1.165, 1.54) is 28.2 Å². The molecule has 3 aromatic rings. The molecule has 0 aliphatic heterocycles. The first-order valence-corrected chi connectivity index (χ1v) is 10.4. The average Bonchev–Trinajstić information content (AvgIpc) is 3.30. The van der Waals surface area contributed by atoms with Crippen LogP contribution < -0.4 is 16.2 Å². The van der Waals surface area contributed by atoms with E-state index in [1.807, 2.05) is 30.5 Å². The second-order valence-electron chi connectivity index (χ2n) is 7.35. The number of hydrogen-bond donors (Lipinski definition) is 4.